The molecule has 2 heterocycles. The van der Waals surface area contributed by atoms with Crippen molar-refractivity contribution in [1.82, 2.24) is 15.5 Å². The maximum absolute atomic E-state index is 12.1. The smallest absolute Gasteiger partial charge is 0.243 e. The second kappa shape index (κ2) is 7.14. The van der Waals surface area contributed by atoms with Crippen LogP contribution in [0.5, 0.6) is 0 Å². The molecule has 0 radical (unpaired) electrons. The van der Waals surface area contributed by atoms with Gasteiger partial charge in [0.2, 0.25) is 11.8 Å². The fourth-order valence-electron chi connectivity index (χ4n) is 2.59. The molecule has 2 aliphatic heterocycles. The van der Waals surface area contributed by atoms with Crippen molar-refractivity contribution in [2.45, 2.75) is 32.2 Å². The first kappa shape index (κ1) is 14.7. The molecule has 2 unspecified atom stereocenters. The minimum atomic E-state index is -0.265. The van der Waals surface area contributed by atoms with Gasteiger partial charge in [0, 0.05) is 18.7 Å². The van der Waals surface area contributed by atoms with Gasteiger partial charge in [-0.25, -0.2) is 0 Å². The van der Waals surface area contributed by atoms with Crippen LogP contribution in [0.3, 0.4) is 0 Å². The number of amides is 2. The molecule has 0 aromatic heterocycles. The summed E-state index contributed by atoms with van der Waals surface area (Å²) in [4.78, 5) is 25.6. The van der Waals surface area contributed by atoms with Crippen molar-refractivity contribution in [3.63, 3.8) is 0 Å². The third-order valence-corrected chi connectivity index (χ3v) is 4.83. The predicted octanol–water partition coefficient (Wildman–Crippen LogP) is 0.414. The van der Waals surface area contributed by atoms with Gasteiger partial charge in [-0.3, -0.25) is 9.59 Å². The molecule has 2 atom stereocenters. The molecule has 0 aliphatic carbocycles. The van der Waals surface area contributed by atoms with Crippen LogP contribution in [-0.4, -0.2) is 54.0 Å². The van der Waals surface area contributed by atoms with Gasteiger partial charge in [0.25, 0.3) is 0 Å². The summed E-state index contributed by atoms with van der Waals surface area (Å²) < 4.78 is 0. The quantitative estimate of drug-likeness (QED) is 0.768. The van der Waals surface area contributed by atoms with E-state index in [0.717, 1.165) is 31.8 Å². The van der Waals surface area contributed by atoms with Crippen LogP contribution in [0.25, 0.3) is 0 Å². The van der Waals surface area contributed by atoms with Crippen molar-refractivity contribution >= 4 is 23.6 Å². The van der Waals surface area contributed by atoms with E-state index in [1.54, 1.807) is 16.7 Å². The minimum Gasteiger partial charge on any atom is -0.354 e. The molecule has 0 bridgehead atoms. The lowest BCUT2D eigenvalue weighted by molar-refractivity contribution is -0.137. The minimum absolute atomic E-state index is 0.0118. The van der Waals surface area contributed by atoms with E-state index in [2.05, 4.69) is 10.6 Å². The Morgan fingerprint density at radius 1 is 1.47 bits per heavy atom. The molecule has 0 spiro atoms. The SMILES string of the molecule is CCC(=O)N1CSCC1C(=O)NCCC1CCNC1. The Hall–Kier alpha value is -0.750. The second-order valence-electron chi connectivity index (χ2n) is 5.17. The fraction of sp³-hybridized carbons (Fsp3) is 0.846. The number of hydrogen-bond donors (Lipinski definition) is 2. The number of thioether (sulfide) groups is 1. The number of carbonyl (C=O) groups excluding carboxylic acids is 2. The van der Waals surface area contributed by atoms with Crippen molar-refractivity contribution in [2.24, 2.45) is 5.92 Å². The Morgan fingerprint density at radius 2 is 2.32 bits per heavy atom. The molecule has 0 saturated carbocycles. The summed E-state index contributed by atoms with van der Waals surface area (Å²) in [6.45, 7) is 4.72. The summed E-state index contributed by atoms with van der Waals surface area (Å²) in [7, 11) is 0. The van der Waals surface area contributed by atoms with E-state index in [1.165, 1.54) is 6.42 Å². The van der Waals surface area contributed by atoms with Crippen LogP contribution in [-0.2, 0) is 9.59 Å². The van der Waals surface area contributed by atoms with E-state index < -0.39 is 0 Å². The van der Waals surface area contributed by atoms with Crippen molar-refractivity contribution in [3.05, 3.63) is 0 Å². The third kappa shape index (κ3) is 3.86. The first-order chi connectivity index (χ1) is 9.22. The first-order valence-corrected chi connectivity index (χ1v) is 8.23. The van der Waals surface area contributed by atoms with E-state index in [4.69, 9.17) is 0 Å². The van der Waals surface area contributed by atoms with Gasteiger partial charge < -0.3 is 15.5 Å². The molecule has 5 nitrogen and oxygen atoms in total. The van der Waals surface area contributed by atoms with E-state index in [0.29, 0.717) is 18.2 Å². The normalized spacial score (nSPS) is 26.7. The van der Waals surface area contributed by atoms with Gasteiger partial charge in [-0.2, -0.15) is 0 Å². The zero-order valence-electron chi connectivity index (χ0n) is 11.5. The highest BCUT2D eigenvalue weighted by Crippen LogP contribution is 2.21. The summed E-state index contributed by atoms with van der Waals surface area (Å²) in [6.07, 6.45) is 2.70. The summed E-state index contributed by atoms with van der Waals surface area (Å²) in [5, 5.41) is 6.31. The largest absolute Gasteiger partial charge is 0.354 e. The molecule has 0 aromatic carbocycles. The average Bonchev–Trinajstić information content (AvgIpc) is 3.08. The number of nitrogens with one attached hydrogen (secondary N) is 2. The van der Waals surface area contributed by atoms with Crippen molar-refractivity contribution in [2.75, 3.05) is 31.3 Å². The van der Waals surface area contributed by atoms with Crippen LogP contribution in [0.2, 0.25) is 0 Å². The number of rotatable bonds is 5. The monoisotopic (exact) mass is 285 g/mol. The lowest BCUT2D eigenvalue weighted by atomic mass is 10.1. The van der Waals surface area contributed by atoms with Gasteiger partial charge in [-0.15, -0.1) is 11.8 Å². The van der Waals surface area contributed by atoms with Crippen LogP contribution in [0, 0.1) is 5.92 Å². The zero-order valence-corrected chi connectivity index (χ0v) is 12.3. The fourth-order valence-corrected chi connectivity index (χ4v) is 3.77. The van der Waals surface area contributed by atoms with Gasteiger partial charge in [-0.05, 0) is 31.8 Å². The molecular formula is C13H23N3O2S. The van der Waals surface area contributed by atoms with Crippen LogP contribution >= 0.6 is 11.8 Å². The van der Waals surface area contributed by atoms with Crippen LogP contribution in [0.15, 0.2) is 0 Å². The zero-order chi connectivity index (χ0) is 13.7. The Morgan fingerprint density at radius 3 is 3.00 bits per heavy atom. The molecule has 2 aliphatic rings. The van der Waals surface area contributed by atoms with Crippen LogP contribution < -0.4 is 10.6 Å². The molecular weight excluding hydrogens is 262 g/mol. The highest BCUT2D eigenvalue weighted by Gasteiger charge is 2.33. The first-order valence-electron chi connectivity index (χ1n) is 7.08. The van der Waals surface area contributed by atoms with E-state index in [-0.39, 0.29) is 17.9 Å². The van der Waals surface area contributed by atoms with Gasteiger partial charge in [0.15, 0.2) is 0 Å². The van der Waals surface area contributed by atoms with Crippen molar-refractivity contribution in [1.29, 1.82) is 0 Å². The maximum Gasteiger partial charge on any atom is 0.243 e. The summed E-state index contributed by atoms with van der Waals surface area (Å²) in [5.41, 5.74) is 0. The van der Waals surface area contributed by atoms with Gasteiger partial charge in [-0.1, -0.05) is 6.92 Å². The van der Waals surface area contributed by atoms with Gasteiger partial charge in [0.05, 0.1) is 5.88 Å². The molecule has 2 fully saturated rings. The standard InChI is InChI=1S/C13H23N3O2S/c1-2-12(17)16-9-19-8-11(16)13(18)15-6-4-10-3-5-14-7-10/h10-11,14H,2-9H2,1H3,(H,15,18). The number of nitrogens with zero attached hydrogens (tertiary/aromatic N) is 1. The van der Waals surface area contributed by atoms with E-state index in [1.807, 2.05) is 6.92 Å². The second-order valence-corrected chi connectivity index (χ2v) is 6.17. The van der Waals surface area contributed by atoms with Crippen molar-refractivity contribution < 1.29 is 9.59 Å². The van der Waals surface area contributed by atoms with E-state index in [9.17, 15) is 9.59 Å². The lowest BCUT2D eigenvalue weighted by Crippen LogP contribution is -2.47. The average molecular weight is 285 g/mol. The molecule has 0 aromatic rings. The highest BCUT2D eigenvalue weighted by molar-refractivity contribution is 7.99. The Balaban J connectivity index is 1.73. The Labute approximate surface area is 118 Å². The third-order valence-electron chi connectivity index (χ3n) is 3.82. The summed E-state index contributed by atoms with van der Waals surface area (Å²) in [6, 6.07) is -0.265. The van der Waals surface area contributed by atoms with Crippen LogP contribution in [0.1, 0.15) is 26.2 Å². The van der Waals surface area contributed by atoms with Crippen molar-refractivity contribution in [3.8, 4) is 0 Å². The van der Waals surface area contributed by atoms with Crippen LogP contribution in [0.4, 0.5) is 0 Å². The Bertz CT molecular complexity index is 332. The Kier molecular flexibility index (Phi) is 5.51. The molecule has 2 saturated heterocycles. The number of carbonyl (C=O) groups is 2. The maximum atomic E-state index is 12.1. The summed E-state index contributed by atoms with van der Waals surface area (Å²) in [5.74, 6) is 2.15. The number of hydrogen-bond acceptors (Lipinski definition) is 4. The van der Waals surface area contributed by atoms with Gasteiger partial charge in [0.1, 0.15) is 6.04 Å². The van der Waals surface area contributed by atoms with Gasteiger partial charge >= 0.3 is 0 Å². The molecule has 19 heavy (non-hydrogen) atoms. The molecule has 108 valence electrons. The lowest BCUT2D eigenvalue weighted by Gasteiger charge is -2.22. The predicted molar refractivity (Wildman–Crippen MR) is 76.9 cm³/mol. The molecule has 2 rings (SSSR count). The van der Waals surface area contributed by atoms with E-state index >= 15 is 0 Å². The molecule has 2 N–H and O–H groups in total. The summed E-state index contributed by atoms with van der Waals surface area (Å²) >= 11 is 1.66. The molecule has 2 amide bonds. The molecule has 6 heteroatoms. The topological polar surface area (TPSA) is 61.4 Å². The highest BCUT2D eigenvalue weighted by atomic mass is 32.2.